The van der Waals surface area contributed by atoms with Crippen LogP contribution in [0.5, 0.6) is 0 Å². The van der Waals surface area contributed by atoms with E-state index < -0.39 is 5.97 Å². The molecule has 94 valence electrons. The number of aryl methyl sites for hydroxylation is 1. The summed E-state index contributed by atoms with van der Waals surface area (Å²) in [6, 6.07) is 8.56. The van der Waals surface area contributed by atoms with Gasteiger partial charge in [0.15, 0.2) is 0 Å². The Morgan fingerprint density at radius 1 is 1.41 bits per heavy atom. The number of nitrogens with zero attached hydrogens (tertiary/aromatic N) is 1. The number of benzene rings is 1. The summed E-state index contributed by atoms with van der Waals surface area (Å²) in [6.45, 7) is 6.46. The molecular weight excluding hydrogens is 214 g/mol. The third-order valence-corrected chi connectivity index (χ3v) is 3.17. The number of aliphatic carboxylic acids is 1. The van der Waals surface area contributed by atoms with Gasteiger partial charge in [-0.15, -0.1) is 0 Å². The van der Waals surface area contributed by atoms with Crippen LogP contribution in [0.3, 0.4) is 0 Å². The van der Waals surface area contributed by atoms with Gasteiger partial charge in [-0.05, 0) is 26.5 Å². The van der Waals surface area contributed by atoms with Crippen LogP contribution in [-0.4, -0.2) is 29.6 Å². The average Bonchev–Trinajstić information content (AvgIpc) is 2.27. The molecule has 0 heterocycles. The number of carboxylic acid groups (broad SMARTS) is 1. The molecule has 1 N–H and O–H groups in total. The van der Waals surface area contributed by atoms with Crippen molar-refractivity contribution in [3.63, 3.8) is 0 Å². The van der Waals surface area contributed by atoms with Crippen LogP contribution < -0.4 is 0 Å². The smallest absolute Gasteiger partial charge is 0.307 e. The summed E-state index contributed by atoms with van der Waals surface area (Å²) in [5, 5.41) is 8.90. The highest BCUT2D eigenvalue weighted by Gasteiger charge is 2.18. The second kappa shape index (κ2) is 5.82. The van der Waals surface area contributed by atoms with Crippen molar-refractivity contribution in [2.45, 2.75) is 26.8 Å². The van der Waals surface area contributed by atoms with Gasteiger partial charge in [0, 0.05) is 12.6 Å². The summed E-state index contributed by atoms with van der Waals surface area (Å²) < 4.78 is 0. The standard InChI is InChI=1S/C14H21NO2/c1-10-6-5-7-13(8-10)12(3)15(4)9-11(2)14(16)17/h5-8,11-12H,9H2,1-4H3,(H,16,17). The molecule has 0 aliphatic carbocycles. The molecule has 2 atom stereocenters. The Balaban J connectivity index is 2.69. The van der Waals surface area contributed by atoms with E-state index in [4.69, 9.17) is 5.11 Å². The number of hydrogen-bond acceptors (Lipinski definition) is 2. The van der Waals surface area contributed by atoms with E-state index in [0.29, 0.717) is 6.54 Å². The molecule has 0 aliphatic rings. The Hall–Kier alpha value is -1.35. The molecule has 1 aromatic carbocycles. The minimum atomic E-state index is -0.742. The van der Waals surface area contributed by atoms with E-state index in [9.17, 15) is 4.79 Å². The maximum Gasteiger partial charge on any atom is 0.307 e. The fourth-order valence-electron chi connectivity index (χ4n) is 1.85. The van der Waals surface area contributed by atoms with Crippen molar-refractivity contribution in [1.82, 2.24) is 4.90 Å². The molecule has 0 amide bonds. The molecule has 17 heavy (non-hydrogen) atoms. The van der Waals surface area contributed by atoms with Crippen LogP contribution in [0, 0.1) is 12.8 Å². The molecule has 0 radical (unpaired) electrons. The molecule has 3 heteroatoms. The van der Waals surface area contributed by atoms with E-state index in [-0.39, 0.29) is 12.0 Å². The normalized spacial score (nSPS) is 14.6. The first-order chi connectivity index (χ1) is 7.91. The lowest BCUT2D eigenvalue weighted by molar-refractivity contribution is -0.141. The molecule has 3 nitrogen and oxygen atoms in total. The van der Waals surface area contributed by atoms with E-state index in [2.05, 4.69) is 36.9 Å². The Labute approximate surface area is 103 Å². The number of carboxylic acids is 1. The lowest BCUT2D eigenvalue weighted by Crippen LogP contribution is -2.30. The fraction of sp³-hybridized carbons (Fsp3) is 0.500. The predicted octanol–water partition coefficient (Wildman–Crippen LogP) is 2.71. The van der Waals surface area contributed by atoms with Gasteiger partial charge in [0.2, 0.25) is 0 Å². The monoisotopic (exact) mass is 235 g/mol. The van der Waals surface area contributed by atoms with Gasteiger partial charge in [-0.1, -0.05) is 36.8 Å². The van der Waals surface area contributed by atoms with E-state index in [1.54, 1.807) is 6.92 Å². The van der Waals surface area contributed by atoms with E-state index in [1.165, 1.54) is 11.1 Å². The van der Waals surface area contributed by atoms with Crippen molar-refractivity contribution in [3.8, 4) is 0 Å². The zero-order valence-electron chi connectivity index (χ0n) is 11.0. The van der Waals surface area contributed by atoms with Crippen LogP contribution in [0.1, 0.15) is 31.0 Å². The predicted molar refractivity (Wildman–Crippen MR) is 69.0 cm³/mol. The van der Waals surface area contributed by atoms with E-state index in [1.807, 2.05) is 13.1 Å². The molecule has 0 aliphatic heterocycles. The minimum Gasteiger partial charge on any atom is -0.481 e. The molecule has 2 unspecified atom stereocenters. The van der Waals surface area contributed by atoms with Crippen molar-refractivity contribution >= 4 is 5.97 Å². The first kappa shape index (κ1) is 13.7. The molecule has 1 aromatic rings. The second-order valence-electron chi connectivity index (χ2n) is 4.77. The third-order valence-electron chi connectivity index (χ3n) is 3.17. The van der Waals surface area contributed by atoms with Crippen molar-refractivity contribution in [3.05, 3.63) is 35.4 Å². The number of hydrogen-bond donors (Lipinski definition) is 1. The third kappa shape index (κ3) is 3.86. The van der Waals surface area contributed by atoms with E-state index >= 15 is 0 Å². The summed E-state index contributed by atoms with van der Waals surface area (Å²) in [4.78, 5) is 12.9. The van der Waals surface area contributed by atoms with Crippen LogP contribution in [0.15, 0.2) is 24.3 Å². The molecule has 0 saturated heterocycles. The largest absolute Gasteiger partial charge is 0.481 e. The van der Waals surface area contributed by atoms with E-state index in [0.717, 1.165) is 0 Å². The van der Waals surface area contributed by atoms with Gasteiger partial charge < -0.3 is 5.11 Å². The quantitative estimate of drug-likeness (QED) is 0.853. The molecular formula is C14H21NO2. The van der Waals surface area contributed by atoms with Gasteiger partial charge >= 0.3 is 5.97 Å². The SMILES string of the molecule is Cc1cccc(C(C)N(C)CC(C)C(=O)O)c1. The molecule has 0 aromatic heterocycles. The first-order valence-corrected chi connectivity index (χ1v) is 5.91. The van der Waals surface area contributed by atoms with Crippen LogP contribution in [0.2, 0.25) is 0 Å². The summed E-state index contributed by atoms with van der Waals surface area (Å²) in [5.74, 6) is -1.08. The van der Waals surface area contributed by atoms with Crippen LogP contribution in [0.4, 0.5) is 0 Å². The Bertz CT molecular complexity index is 390. The zero-order valence-corrected chi connectivity index (χ0v) is 11.0. The fourth-order valence-corrected chi connectivity index (χ4v) is 1.85. The topological polar surface area (TPSA) is 40.5 Å². The Kier molecular flexibility index (Phi) is 4.70. The molecule has 0 spiro atoms. The van der Waals surface area contributed by atoms with Crippen molar-refractivity contribution in [2.75, 3.05) is 13.6 Å². The van der Waals surface area contributed by atoms with Crippen LogP contribution in [-0.2, 0) is 4.79 Å². The maximum absolute atomic E-state index is 10.8. The molecule has 0 fully saturated rings. The molecule has 0 saturated carbocycles. The summed E-state index contributed by atoms with van der Waals surface area (Å²) in [7, 11) is 1.96. The average molecular weight is 235 g/mol. The van der Waals surface area contributed by atoms with Crippen molar-refractivity contribution in [2.24, 2.45) is 5.92 Å². The highest BCUT2D eigenvalue weighted by molar-refractivity contribution is 5.69. The summed E-state index contributed by atoms with van der Waals surface area (Å²) in [5.41, 5.74) is 2.46. The molecule has 0 bridgehead atoms. The lowest BCUT2D eigenvalue weighted by Gasteiger charge is -2.26. The van der Waals surface area contributed by atoms with Gasteiger partial charge in [0.1, 0.15) is 0 Å². The van der Waals surface area contributed by atoms with Gasteiger partial charge in [-0.3, -0.25) is 9.69 Å². The molecule has 1 rings (SSSR count). The van der Waals surface area contributed by atoms with Crippen LogP contribution >= 0.6 is 0 Å². The highest BCUT2D eigenvalue weighted by atomic mass is 16.4. The number of carbonyl (C=O) groups is 1. The van der Waals surface area contributed by atoms with Crippen molar-refractivity contribution < 1.29 is 9.90 Å². The van der Waals surface area contributed by atoms with Gasteiger partial charge in [-0.2, -0.15) is 0 Å². The van der Waals surface area contributed by atoms with Gasteiger partial charge in [-0.25, -0.2) is 0 Å². The first-order valence-electron chi connectivity index (χ1n) is 5.91. The lowest BCUT2D eigenvalue weighted by atomic mass is 10.0. The zero-order chi connectivity index (χ0) is 13.0. The Morgan fingerprint density at radius 2 is 2.06 bits per heavy atom. The van der Waals surface area contributed by atoms with Crippen LogP contribution in [0.25, 0.3) is 0 Å². The van der Waals surface area contributed by atoms with Gasteiger partial charge in [0.05, 0.1) is 5.92 Å². The Morgan fingerprint density at radius 3 is 2.59 bits per heavy atom. The van der Waals surface area contributed by atoms with Crippen molar-refractivity contribution in [1.29, 1.82) is 0 Å². The number of rotatable bonds is 5. The second-order valence-corrected chi connectivity index (χ2v) is 4.77. The summed E-state index contributed by atoms with van der Waals surface area (Å²) in [6.07, 6.45) is 0. The summed E-state index contributed by atoms with van der Waals surface area (Å²) >= 11 is 0. The minimum absolute atomic E-state index is 0.233. The maximum atomic E-state index is 10.8. The van der Waals surface area contributed by atoms with Gasteiger partial charge in [0.25, 0.3) is 0 Å². The highest BCUT2D eigenvalue weighted by Crippen LogP contribution is 2.20.